The van der Waals surface area contributed by atoms with E-state index in [1.165, 1.54) is 0 Å². The predicted octanol–water partition coefficient (Wildman–Crippen LogP) is 1.94. The first-order valence-electron chi connectivity index (χ1n) is 4.30. The topological polar surface area (TPSA) is 60.2 Å². The van der Waals surface area contributed by atoms with Crippen molar-refractivity contribution >= 4 is 30.7 Å². The smallest absolute Gasteiger partial charge is 0.232 e. The molecule has 80 valence electrons. The van der Waals surface area contributed by atoms with Crippen molar-refractivity contribution in [1.82, 2.24) is 5.16 Å². The molecule has 0 radical (unpaired) electrons. The maximum atomic E-state index is 10.7. The zero-order valence-corrected chi connectivity index (χ0v) is 9.25. The van der Waals surface area contributed by atoms with E-state index in [1.807, 2.05) is 12.1 Å². The normalized spacial score (nSPS) is 12.1. The lowest BCUT2D eigenvalue weighted by molar-refractivity contribution is 0.456. The number of fused-ring (bicyclic) bond motifs is 1. The summed E-state index contributed by atoms with van der Waals surface area (Å²) in [7, 11) is 1.68. The molecule has 0 saturated carbocycles. The van der Waals surface area contributed by atoms with Gasteiger partial charge in [-0.2, -0.15) is 0 Å². The quantitative estimate of drug-likeness (QED) is 0.776. The van der Waals surface area contributed by atoms with Crippen molar-refractivity contribution in [2.24, 2.45) is 0 Å². The molecule has 15 heavy (non-hydrogen) atoms. The Bertz CT molecular complexity index is 576. The van der Waals surface area contributed by atoms with Crippen LogP contribution in [0.25, 0.3) is 11.0 Å². The molecule has 1 aromatic heterocycles. The van der Waals surface area contributed by atoms with Gasteiger partial charge in [0.25, 0.3) is 0 Å². The molecule has 0 unspecified atom stereocenters. The van der Waals surface area contributed by atoms with E-state index in [1.54, 1.807) is 12.3 Å². The van der Waals surface area contributed by atoms with Gasteiger partial charge in [-0.15, -0.1) is 0 Å². The predicted molar refractivity (Wildman–Crippen MR) is 57.4 cm³/mol. The third-order valence-corrected chi connectivity index (χ3v) is 3.21. The maximum absolute atomic E-state index is 10.7. The highest BCUT2D eigenvalue weighted by Crippen LogP contribution is 2.16. The van der Waals surface area contributed by atoms with Crippen molar-refractivity contribution in [3.05, 3.63) is 30.0 Å². The molecule has 1 aromatic carbocycles. The summed E-state index contributed by atoms with van der Waals surface area (Å²) in [4.78, 5) is 0. The van der Waals surface area contributed by atoms with Crippen molar-refractivity contribution in [2.45, 2.75) is 6.42 Å². The third kappa shape index (κ3) is 2.70. The van der Waals surface area contributed by atoms with E-state index in [4.69, 9.17) is 15.2 Å². The molecule has 2 aromatic rings. The Morgan fingerprint density at radius 1 is 1.40 bits per heavy atom. The number of nitrogens with zero attached hydrogens (tertiary/aromatic N) is 1. The summed E-state index contributed by atoms with van der Waals surface area (Å²) in [6.07, 6.45) is 1.99. The number of aryl methyl sites for hydroxylation is 1. The van der Waals surface area contributed by atoms with Crippen molar-refractivity contribution < 1.29 is 12.9 Å². The molecule has 4 nitrogen and oxygen atoms in total. The van der Waals surface area contributed by atoms with Gasteiger partial charge in [0.1, 0.15) is 0 Å². The zero-order chi connectivity index (χ0) is 10.9. The van der Waals surface area contributed by atoms with Gasteiger partial charge in [-0.1, -0.05) is 11.2 Å². The van der Waals surface area contributed by atoms with Gasteiger partial charge in [-0.25, -0.2) is 8.42 Å². The number of hydrogen-bond acceptors (Lipinski definition) is 4. The lowest BCUT2D eigenvalue weighted by atomic mass is 10.1. The maximum Gasteiger partial charge on any atom is 0.232 e. The molecule has 2 rings (SSSR count). The second-order valence-electron chi connectivity index (χ2n) is 3.19. The zero-order valence-electron chi connectivity index (χ0n) is 7.68. The summed E-state index contributed by atoms with van der Waals surface area (Å²) in [5.41, 5.74) is 1.52. The molecule has 0 aliphatic rings. The van der Waals surface area contributed by atoms with E-state index in [0.717, 1.165) is 10.9 Å². The largest absolute Gasteiger partial charge is 0.356 e. The number of benzene rings is 1. The molecule has 0 aliphatic carbocycles. The van der Waals surface area contributed by atoms with Crippen LogP contribution in [-0.4, -0.2) is 19.3 Å². The summed E-state index contributed by atoms with van der Waals surface area (Å²) < 4.78 is 26.5. The molecule has 0 N–H and O–H groups in total. The van der Waals surface area contributed by atoms with Gasteiger partial charge in [-0.05, 0) is 24.1 Å². The highest BCUT2D eigenvalue weighted by Gasteiger charge is 2.06. The highest BCUT2D eigenvalue weighted by atomic mass is 35.7. The number of rotatable bonds is 3. The van der Waals surface area contributed by atoms with Crippen LogP contribution in [0.3, 0.4) is 0 Å². The van der Waals surface area contributed by atoms with E-state index in [0.29, 0.717) is 12.0 Å². The Hall–Kier alpha value is -1.07. The van der Waals surface area contributed by atoms with Crippen LogP contribution in [0.1, 0.15) is 5.56 Å². The average Bonchev–Trinajstić information content (AvgIpc) is 2.60. The van der Waals surface area contributed by atoms with Crippen molar-refractivity contribution in [2.75, 3.05) is 5.75 Å². The molecule has 1 heterocycles. The Balaban J connectivity index is 2.21. The summed E-state index contributed by atoms with van der Waals surface area (Å²) >= 11 is 0. The van der Waals surface area contributed by atoms with Gasteiger partial charge in [0, 0.05) is 16.1 Å². The number of halogens is 1. The first-order valence-corrected chi connectivity index (χ1v) is 6.78. The minimum absolute atomic E-state index is 0.0752. The van der Waals surface area contributed by atoms with Gasteiger partial charge >= 0.3 is 0 Å². The summed E-state index contributed by atoms with van der Waals surface area (Å²) in [5.74, 6) is -0.0752. The summed E-state index contributed by atoms with van der Waals surface area (Å²) in [5, 5.41) is 4.53. The van der Waals surface area contributed by atoms with Crippen LogP contribution in [0.15, 0.2) is 28.9 Å². The first kappa shape index (κ1) is 10.4. The Labute approximate surface area is 91.2 Å². The lowest BCUT2D eigenvalue weighted by Crippen LogP contribution is -2.00. The van der Waals surface area contributed by atoms with Crippen LogP contribution in [0, 0.1) is 0 Å². The third-order valence-electron chi connectivity index (χ3n) is 2.06. The Morgan fingerprint density at radius 2 is 2.20 bits per heavy atom. The van der Waals surface area contributed by atoms with Crippen LogP contribution >= 0.6 is 10.7 Å². The first-order chi connectivity index (χ1) is 7.04. The van der Waals surface area contributed by atoms with Gasteiger partial charge < -0.3 is 4.52 Å². The van der Waals surface area contributed by atoms with Gasteiger partial charge in [0.2, 0.25) is 9.05 Å². The van der Waals surface area contributed by atoms with E-state index in [2.05, 4.69) is 5.16 Å². The van der Waals surface area contributed by atoms with E-state index < -0.39 is 9.05 Å². The molecule has 0 atom stereocenters. The van der Waals surface area contributed by atoms with E-state index >= 15 is 0 Å². The van der Waals surface area contributed by atoms with Crippen molar-refractivity contribution in [1.29, 1.82) is 0 Å². The number of hydrogen-bond donors (Lipinski definition) is 0. The van der Waals surface area contributed by atoms with Gasteiger partial charge in [0.15, 0.2) is 5.58 Å². The standard InChI is InChI=1S/C9H8ClNO3S/c10-15(12,13)4-3-7-1-2-8-6-11-14-9(8)5-7/h1-2,5-6H,3-4H2. The molecule has 0 aliphatic heterocycles. The summed E-state index contributed by atoms with van der Waals surface area (Å²) in [6, 6.07) is 5.44. The molecule has 0 spiro atoms. The minimum Gasteiger partial charge on any atom is -0.356 e. The van der Waals surface area contributed by atoms with E-state index in [-0.39, 0.29) is 5.75 Å². The Kier molecular flexibility index (Phi) is 2.67. The van der Waals surface area contributed by atoms with Gasteiger partial charge in [0.05, 0.1) is 11.9 Å². The number of aromatic nitrogens is 1. The molecule has 0 amide bonds. The molecule has 0 fully saturated rings. The average molecular weight is 246 g/mol. The lowest BCUT2D eigenvalue weighted by Gasteiger charge is -1.98. The molecule has 6 heteroatoms. The van der Waals surface area contributed by atoms with Crippen LogP contribution < -0.4 is 0 Å². The Morgan fingerprint density at radius 3 is 2.93 bits per heavy atom. The molecular formula is C9H8ClNO3S. The fourth-order valence-electron chi connectivity index (χ4n) is 1.30. The van der Waals surface area contributed by atoms with Crippen molar-refractivity contribution in [3.8, 4) is 0 Å². The van der Waals surface area contributed by atoms with Crippen LogP contribution in [0.4, 0.5) is 0 Å². The minimum atomic E-state index is -3.44. The van der Waals surface area contributed by atoms with Crippen LogP contribution in [-0.2, 0) is 15.5 Å². The molecular weight excluding hydrogens is 238 g/mol. The second-order valence-corrected chi connectivity index (χ2v) is 6.09. The second kappa shape index (κ2) is 3.83. The fraction of sp³-hybridized carbons (Fsp3) is 0.222. The fourth-order valence-corrected chi connectivity index (χ4v) is 2.01. The van der Waals surface area contributed by atoms with Crippen LogP contribution in [0.2, 0.25) is 0 Å². The van der Waals surface area contributed by atoms with Gasteiger partial charge in [-0.3, -0.25) is 0 Å². The highest BCUT2D eigenvalue weighted by molar-refractivity contribution is 8.13. The molecule has 0 bridgehead atoms. The monoisotopic (exact) mass is 245 g/mol. The summed E-state index contributed by atoms with van der Waals surface area (Å²) in [6.45, 7) is 0. The molecule has 0 saturated heterocycles. The van der Waals surface area contributed by atoms with Crippen molar-refractivity contribution in [3.63, 3.8) is 0 Å². The SMILES string of the molecule is O=S(=O)(Cl)CCc1ccc2cnoc2c1. The van der Waals surface area contributed by atoms with E-state index in [9.17, 15) is 8.42 Å². The van der Waals surface area contributed by atoms with Crippen LogP contribution in [0.5, 0.6) is 0 Å².